The predicted octanol–water partition coefficient (Wildman–Crippen LogP) is 5.06. The summed E-state index contributed by atoms with van der Waals surface area (Å²) in [4.78, 5) is 20.0. The van der Waals surface area contributed by atoms with Gasteiger partial charge in [-0.1, -0.05) is 0 Å². The zero-order valence-corrected chi connectivity index (χ0v) is 16.6. The summed E-state index contributed by atoms with van der Waals surface area (Å²) >= 11 is 3.30. The van der Waals surface area contributed by atoms with Crippen molar-refractivity contribution in [1.29, 1.82) is 0 Å². The van der Waals surface area contributed by atoms with Gasteiger partial charge >= 0.3 is 0 Å². The molecule has 0 unspecified atom stereocenters. The van der Waals surface area contributed by atoms with Crippen molar-refractivity contribution in [2.24, 2.45) is 7.05 Å². The van der Waals surface area contributed by atoms with Gasteiger partial charge in [0.05, 0.1) is 37.4 Å². The van der Waals surface area contributed by atoms with Crippen molar-refractivity contribution in [1.82, 2.24) is 24.5 Å². The first-order valence-electron chi connectivity index (χ1n) is 8.45. The SMILES string of the molecule is Cc1nc(C)n(C)c1-c1cc2c(Nc3ccc4scnc4c3)ncnc2s1. The number of nitrogens with one attached hydrogen (secondary N) is 1. The van der Waals surface area contributed by atoms with Crippen LogP contribution in [0.15, 0.2) is 36.1 Å². The zero-order valence-electron chi connectivity index (χ0n) is 15.0. The summed E-state index contributed by atoms with van der Waals surface area (Å²) in [6, 6.07) is 8.32. The van der Waals surface area contributed by atoms with Crippen LogP contribution in [0.25, 0.3) is 31.0 Å². The minimum absolute atomic E-state index is 0.800. The van der Waals surface area contributed by atoms with Gasteiger partial charge in [0.2, 0.25) is 0 Å². The molecule has 27 heavy (non-hydrogen) atoms. The Morgan fingerprint density at radius 2 is 1.96 bits per heavy atom. The fraction of sp³-hybridized carbons (Fsp3) is 0.158. The maximum Gasteiger partial charge on any atom is 0.142 e. The minimum atomic E-state index is 0.800. The third-order valence-corrected chi connectivity index (χ3v) is 6.51. The lowest BCUT2D eigenvalue weighted by Crippen LogP contribution is -1.94. The number of rotatable bonds is 3. The Balaban J connectivity index is 1.60. The number of thiophene rings is 1. The van der Waals surface area contributed by atoms with Crippen molar-refractivity contribution in [2.45, 2.75) is 13.8 Å². The van der Waals surface area contributed by atoms with E-state index in [9.17, 15) is 0 Å². The molecule has 134 valence electrons. The number of benzene rings is 1. The Labute approximate surface area is 163 Å². The third kappa shape index (κ3) is 2.68. The molecule has 0 radical (unpaired) electrons. The molecule has 0 aliphatic heterocycles. The first-order valence-corrected chi connectivity index (χ1v) is 10.1. The molecule has 5 rings (SSSR count). The molecule has 8 heteroatoms. The van der Waals surface area contributed by atoms with Gasteiger partial charge in [-0.05, 0) is 38.1 Å². The summed E-state index contributed by atoms with van der Waals surface area (Å²) in [6.07, 6.45) is 1.60. The molecule has 4 aromatic heterocycles. The molecule has 0 aliphatic rings. The summed E-state index contributed by atoms with van der Waals surface area (Å²) in [5, 5.41) is 4.43. The molecule has 0 aliphatic carbocycles. The van der Waals surface area contributed by atoms with Crippen LogP contribution in [0.5, 0.6) is 0 Å². The van der Waals surface area contributed by atoms with Crippen molar-refractivity contribution >= 4 is 54.6 Å². The Bertz CT molecular complexity index is 1300. The summed E-state index contributed by atoms with van der Waals surface area (Å²) in [7, 11) is 2.04. The van der Waals surface area contributed by atoms with Crippen LogP contribution in [0.3, 0.4) is 0 Å². The molecule has 0 saturated carbocycles. The van der Waals surface area contributed by atoms with Gasteiger partial charge in [0, 0.05) is 12.7 Å². The van der Waals surface area contributed by atoms with E-state index in [4.69, 9.17) is 0 Å². The zero-order chi connectivity index (χ0) is 18.5. The Morgan fingerprint density at radius 3 is 2.78 bits per heavy atom. The van der Waals surface area contributed by atoms with Gasteiger partial charge in [-0.2, -0.15) is 0 Å². The van der Waals surface area contributed by atoms with Gasteiger partial charge in [-0.25, -0.2) is 19.9 Å². The molecule has 0 saturated heterocycles. The van der Waals surface area contributed by atoms with E-state index in [0.29, 0.717) is 0 Å². The quantitative estimate of drug-likeness (QED) is 0.465. The van der Waals surface area contributed by atoms with E-state index < -0.39 is 0 Å². The largest absolute Gasteiger partial charge is 0.340 e. The topological polar surface area (TPSA) is 68.5 Å². The third-order valence-electron chi connectivity index (χ3n) is 4.65. The number of imidazole rings is 1. The lowest BCUT2D eigenvalue weighted by molar-refractivity contribution is 0.866. The molecular weight excluding hydrogens is 376 g/mol. The number of nitrogens with zero attached hydrogens (tertiary/aromatic N) is 5. The van der Waals surface area contributed by atoms with Crippen LogP contribution in [-0.2, 0) is 7.05 Å². The van der Waals surface area contributed by atoms with Crippen molar-refractivity contribution in [3.05, 3.63) is 47.6 Å². The van der Waals surface area contributed by atoms with Gasteiger partial charge in [0.1, 0.15) is 22.8 Å². The fourth-order valence-corrected chi connectivity index (χ4v) is 5.05. The smallest absolute Gasteiger partial charge is 0.142 e. The van der Waals surface area contributed by atoms with Crippen LogP contribution in [0.4, 0.5) is 11.5 Å². The number of fused-ring (bicyclic) bond motifs is 2. The highest BCUT2D eigenvalue weighted by Crippen LogP contribution is 2.37. The number of hydrogen-bond donors (Lipinski definition) is 1. The molecule has 0 amide bonds. The van der Waals surface area contributed by atoms with Crippen LogP contribution in [0.2, 0.25) is 0 Å². The van der Waals surface area contributed by atoms with Crippen LogP contribution in [-0.4, -0.2) is 24.5 Å². The van der Waals surface area contributed by atoms with Gasteiger partial charge in [0.15, 0.2) is 0 Å². The molecule has 4 heterocycles. The Hall–Kier alpha value is -2.84. The highest BCUT2D eigenvalue weighted by Gasteiger charge is 2.16. The number of hydrogen-bond acceptors (Lipinski definition) is 7. The van der Waals surface area contributed by atoms with Gasteiger partial charge in [-0.15, -0.1) is 22.7 Å². The highest BCUT2D eigenvalue weighted by molar-refractivity contribution is 7.21. The van der Waals surface area contributed by atoms with Gasteiger partial charge < -0.3 is 9.88 Å². The molecule has 0 bridgehead atoms. The standard InChI is InChI=1S/C19H16N6S2/c1-10-17(25(3)11(2)23-10)16-7-13-18(20-8-21-19(13)27-16)24-12-4-5-15-14(6-12)22-9-26-15/h4-9H,1-3H3,(H,20,21,24). The number of aryl methyl sites for hydroxylation is 2. The van der Waals surface area contributed by atoms with E-state index in [0.717, 1.165) is 49.3 Å². The number of anilines is 2. The lowest BCUT2D eigenvalue weighted by atomic mass is 10.2. The van der Waals surface area contributed by atoms with Crippen LogP contribution < -0.4 is 5.32 Å². The summed E-state index contributed by atoms with van der Waals surface area (Å²) in [5.41, 5.74) is 5.97. The second-order valence-corrected chi connectivity index (χ2v) is 8.28. The monoisotopic (exact) mass is 392 g/mol. The van der Waals surface area contributed by atoms with E-state index in [-0.39, 0.29) is 0 Å². The summed E-state index contributed by atoms with van der Waals surface area (Å²) in [5.74, 6) is 1.80. The normalized spacial score (nSPS) is 11.5. The maximum atomic E-state index is 4.58. The van der Waals surface area contributed by atoms with Crippen molar-refractivity contribution < 1.29 is 0 Å². The maximum absolute atomic E-state index is 4.58. The number of aromatic nitrogens is 5. The molecule has 0 atom stereocenters. The van der Waals surface area contributed by atoms with E-state index >= 15 is 0 Å². The lowest BCUT2D eigenvalue weighted by Gasteiger charge is -2.06. The summed E-state index contributed by atoms with van der Waals surface area (Å²) in [6.45, 7) is 4.06. The molecule has 0 fully saturated rings. The predicted molar refractivity (Wildman–Crippen MR) is 112 cm³/mol. The molecular formula is C19H16N6S2. The molecule has 1 N–H and O–H groups in total. The van der Waals surface area contributed by atoms with E-state index in [1.807, 2.05) is 32.5 Å². The highest BCUT2D eigenvalue weighted by atomic mass is 32.1. The average molecular weight is 393 g/mol. The Morgan fingerprint density at radius 1 is 1.07 bits per heavy atom. The molecule has 6 nitrogen and oxygen atoms in total. The first kappa shape index (κ1) is 16.3. The van der Waals surface area contributed by atoms with Crippen LogP contribution in [0, 0.1) is 13.8 Å². The van der Waals surface area contributed by atoms with Crippen LogP contribution >= 0.6 is 22.7 Å². The first-order chi connectivity index (χ1) is 13.1. The van der Waals surface area contributed by atoms with Crippen molar-refractivity contribution in [3.8, 4) is 10.6 Å². The average Bonchev–Trinajstić information content (AvgIpc) is 3.33. The van der Waals surface area contributed by atoms with Crippen LogP contribution in [0.1, 0.15) is 11.5 Å². The van der Waals surface area contributed by atoms with Crippen molar-refractivity contribution in [2.75, 3.05) is 5.32 Å². The Kier molecular flexibility index (Phi) is 3.70. The van der Waals surface area contributed by atoms with Gasteiger partial charge in [0.25, 0.3) is 0 Å². The van der Waals surface area contributed by atoms with Gasteiger partial charge in [-0.3, -0.25) is 0 Å². The van der Waals surface area contributed by atoms with Crippen molar-refractivity contribution in [3.63, 3.8) is 0 Å². The molecule has 0 spiro atoms. The second-order valence-electron chi connectivity index (χ2n) is 6.36. The van der Waals surface area contributed by atoms with E-state index in [2.05, 4.69) is 48.0 Å². The summed E-state index contributed by atoms with van der Waals surface area (Å²) < 4.78 is 3.30. The minimum Gasteiger partial charge on any atom is -0.340 e. The second kappa shape index (κ2) is 6.11. The number of thiazole rings is 1. The molecule has 1 aromatic carbocycles. The molecule has 5 aromatic rings. The fourth-order valence-electron chi connectivity index (χ4n) is 3.26. The van der Waals surface area contributed by atoms with E-state index in [1.54, 1.807) is 29.0 Å². The van der Waals surface area contributed by atoms with E-state index in [1.165, 1.54) is 4.70 Å².